The van der Waals surface area contributed by atoms with Gasteiger partial charge >= 0.3 is 0 Å². The van der Waals surface area contributed by atoms with Crippen molar-refractivity contribution >= 4 is 17.4 Å². The molecule has 1 rings (SSSR count). The molecule has 5 heteroatoms. The second-order valence-electron chi connectivity index (χ2n) is 3.96. The summed E-state index contributed by atoms with van der Waals surface area (Å²) in [4.78, 5) is 8.00. The van der Waals surface area contributed by atoms with Gasteiger partial charge in [0.15, 0.2) is 0 Å². The Bertz CT molecular complexity index is 341. The molecule has 0 bridgehead atoms. The van der Waals surface area contributed by atoms with Crippen LogP contribution in [0.5, 0.6) is 0 Å². The average Bonchev–Trinajstić information content (AvgIpc) is 2.20. The van der Waals surface area contributed by atoms with E-state index in [4.69, 9.17) is 16.3 Å². The van der Waals surface area contributed by atoms with E-state index >= 15 is 0 Å². The fourth-order valence-corrected chi connectivity index (χ4v) is 1.11. The summed E-state index contributed by atoms with van der Waals surface area (Å²) in [7, 11) is 1.68. The molecule has 0 aliphatic rings. The normalized spacial score (nSPS) is 11.5. The maximum absolute atomic E-state index is 5.88. The van der Waals surface area contributed by atoms with E-state index in [9.17, 15) is 0 Å². The zero-order valence-corrected chi connectivity index (χ0v) is 10.2. The van der Waals surface area contributed by atoms with Crippen LogP contribution in [0.15, 0.2) is 6.33 Å². The van der Waals surface area contributed by atoms with Crippen LogP contribution in [0.2, 0.25) is 5.15 Å². The van der Waals surface area contributed by atoms with Crippen molar-refractivity contribution < 1.29 is 4.74 Å². The number of methoxy groups -OCH3 is 1. The van der Waals surface area contributed by atoms with Crippen LogP contribution in [-0.2, 0) is 4.74 Å². The van der Waals surface area contributed by atoms with Gasteiger partial charge in [-0.25, -0.2) is 9.97 Å². The molecule has 0 radical (unpaired) electrons. The largest absolute Gasteiger partial charge is 0.377 e. The lowest BCUT2D eigenvalue weighted by molar-refractivity contribution is 0.0343. The molecule has 1 N–H and O–H groups in total. The highest BCUT2D eigenvalue weighted by Crippen LogP contribution is 2.18. The Hall–Kier alpha value is -0.870. The van der Waals surface area contributed by atoms with Crippen LogP contribution in [-0.4, -0.2) is 29.2 Å². The lowest BCUT2D eigenvalue weighted by atomic mass is 10.1. The topological polar surface area (TPSA) is 47.0 Å². The van der Waals surface area contributed by atoms with Crippen LogP contribution < -0.4 is 5.32 Å². The van der Waals surface area contributed by atoms with E-state index in [1.165, 1.54) is 6.33 Å². The van der Waals surface area contributed by atoms with Gasteiger partial charge in [0.1, 0.15) is 17.3 Å². The van der Waals surface area contributed by atoms with Gasteiger partial charge in [-0.2, -0.15) is 0 Å². The summed E-state index contributed by atoms with van der Waals surface area (Å²) in [5.74, 6) is 0.750. The van der Waals surface area contributed by atoms with Crippen molar-refractivity contribution in [1.29, 1.82) is 0 Å². The van der Waals surface area contributed by atoms with E-state index in [1.54, 1.807) is 7.11 Å². The van der Waals surface area contributed by atoms with Crippen LogP contribution in [0.1, 0.15) is 19.4 Å². The number of hydrogen-bond acceptors (Lipinski definition) is 4. The summed E-state index contributed by atoms with van der Waals surface area (Å²) < 4.78 is 5.29. The molecule has 0 amide bonds. The number of hydrogen-bond donors (Lipinski definition) is 1. The van der Waals surface area contributed by atoms with Crippen molar-refractivity contribution in [1.82, 2.24) is 9.97 Å². The van der Waals surface area contributed by atoms with E-state index in [0.29, 0.717) is 11.7 Å². The molecule has 0 unspecified atom stereocenters. The Morgan fingerprint density at radius 2 is 2.13 bits per heavy atom. The van der Waals surface area contributed by atoms with Gasteiger partial charge in [0, 0.05) is 19.2 Å². The first kappa shape index (κ1) is 12.2. The third kappa shape index (κ3) is 3.32. The highest BCUT2D eigenvalue weighted by molar-refractivity contribution is 6.30. The van der Waals surface area contributed by atoms with Crippen LogP contribution >= 0.6 is 11.6 Å². The zero-order valence-electron chi connectivity index (χ0n) is 9.47. The number of aromatic nitrogens is 2. The molecule has 0 saturated carbocycles. The summed E-state index contributed by atoms with van der Waals surface area (Å²) in [5.41, 5.74) is 0.621. The molecule has 0 aliphatic heterocycles. The molecular formula is C10H16ClN3O. The monoisotopic (exact) mass is 229 g/mol. The Kier molecular flexibility index (Phi) is 3.88. The molecule has 0 saturated heterocycles. The number of halogens is 1. The van der Waals surface area contributed by atoms with Crippen molar-refractivity contribution in [3.8, 4) is 0 Å². The summed E-state index contributed by atoms with van der Waals surface area (Å²) in [6.07, 6.45) is 1.44. The number of rotatable bonds is 4. The number of nitrogens with zero attached hydrogens (tertiary/aromatic N) is 2. The molecule has 1 aromatic rings. The fraction of sp³-hybridized carbons (Fsp3) is 0.600. The highest BCUT2D eigenvalue weighted by Gasteiger charge is 2.16. The lowest BCUT2D eigenvalue weighted by Gasteiger charge is -2.23. The number of ether oxygens (including phenoxy) is 1. The van der Waals surface area contributed by atoms with E-state index in [0.717, 1.165) is 11.4 Å². The molecule has 0 spiro atoms. The summed E-state index contributed by atoms with van der Waals surface area (Å²) >= 11 is 5.88. The molecule has 0 aromatic carbocycles. The van der Waals surface area contributed by atoms with E-state index in [2.05, 4.69) is 15.3 Å². The van der Waals surface area contributed by atoms with Crippen LogP contribution in [0.25, 0.3) is 0 Å². The fourth-order valence-electron chi connectivity index (χ4n) is 0.976. The maximum Gasteiger partial charge on any atom is 0.137 e. The first-order valence-electron chi connectivity index (χ1n) is 4.72. The first-order valence-corrected chi connectivity index (χ1v) is 5.10. The predicted octanol–water partition coefficient (Wildman–Crippen LogP) is 2.28. The minimum absolute atomic E-state index is 0.232. The van der Waals surface area contributed by atoms with Crippen molar-refractivity contribution in [2.24, 2.45) is 0 Å². The Balaban J connectivity index is 2.70. The smallest absolute Gasteiger partial charge is 0.137 e. The first-order chi connectivity index (χ1) is 6.96. The van der Waals surface area contributed by atoms with Crippen molar-refractivity contribution in [2.45, 2.75) is 26.4 Å². The third-order valence-electron chi connectivity index (χ3n) is 2.26. The van der Waals surface area contributed by atoms with Crippen LogP contribution in [0, 0.1) is 6.92 Å². The minimum Gasteiger partial charge on any atom is -0.377 e. The zero-order chi connectivity index (χ0) is 11.5. The third-order valence-corrected chi connectivity index (χ3v) is 2.64. The minimum atomic E-state index is -0.232. The molecule has 0 aliphatic carbocycles. The lowest BCUT2D eigenvalue weighted by Crippen LogP contribution is -2.32. The average molecular weight is 230 g/mol. The van der Waals surface area contributed by atoms with Gasteiger partial charge in [-0.3, -0.25) is 0 Å². The molecule has 1 aromatic heterocycles. The van der Waals surface area contributed by atoms with Gasteiger partial charge in [0.25, 0.3) is 0 Å². The van der Waals surface area contributed by atoms with E-state index in [1.807, 2.05) is 20.8 Å². The Morgan fingerprint density at radius 3 is 2.73 bits per heavy atom. The molecule has 4 nitrogen and oxygen atoms in total. The number of nitrogens with one attached hydrogen (secondary N) is 1. The van der Waals surface area contributed by atoms with Crippen LogP contribution in [0.4, 0.5) is 5.82 Å². The summed E-state index contributed by atoms with van der Waals surface area (Å²) in [5, 5.41) is 3.66. The quantitative estimate of drug-likeness (QED) is 0.805. The van der Waals surface area contributed by atoms with Gasteiger partial charge in [-0.05, 0) is 20.8 Å². The van der Waals surface area contributed by atoms with Crippen LogP contribution in [0.3, 0.4) is 0 Å². The van der Waals surface area contributed by atoms with E-state index < -0.39 is 0 Å². The van der Waals surface area contributed by atoms with Gasteiger partial charge in [-0.1, -0.05) is 11.6 Å². The molecule has 0 fully saturated rings. The Labute approximate surface area is 95.0 Å². The molecular weight excluding hydrogens is 214 g/mol. The molecule has 15 heavy (non-hydrogen) atoms. The van der Waals surface area contributed by atoms with Gasteiger partial charge in [0.05, 0.1) is 5.60 Å². The number of anilines is 1. The summed E-state index contributed by atoms with van der Waals surface area (Å²) in [6, 6.07) is 0. The molecule has 84 valence electrons. The standard InChI is InChI=1S/C10H16ClN3O/c1-7-8(11)13-6-14-9(7)12-5-10(2,3)15-4/h6H,5H2,1-4H3,(H,12,13,14). The Morgan fingerprint density at radius 1 is 1.47 bits per heavy atom. The van der Waals surface area contributed by atoms with Crippen molar-refractivity contribution in [3.05, 3.63) is 17.0 Å². The second kappa shape index (κ2) is 4.77. The highest BCUT2D eigenvalue weighted by atomic mass is 35.5. The molecule has 1 heterocycles. The predicted molar refractivity (Wildman–Crippen MR) is 61.4 cm³/mol. The maximum atomic E-state index is 5.88. The van der Waals surface area contributed by atoms with E-state index in [-0.39, 0.29) is 5.60 Å². The van der Waals surface area contributed by atoms with Crippen molar-refractivity contribution in [2.75, 3.05) is 19.0 Å². The SMILES string of the molecule is COC(C)(C)CNc1ncnc(Cl)c1C. The van der Waals surface area contributed by atoms with Gasteiger partial charge < -0.3 is 10.1 Å². The van der Waals surface area contributed by atoms with Crippen molar-refractivity contribution in [3.63, 3.8) is 0 Å². The van der Waals surface area contributed by atoms with Gasteiger partial charge in [0.2, 0.25) is 0 Å². The summed E-state index contributed by atoms with van der Waals surface area (Å²) in [6.45, 7) is 6.54. The molecule has 0 atom stereocenters. The second-order valence-corrected chi connectivity index (χ2v) is 4.31. The van der Waals surface area contributed by atoms with Gasteiger partial charge in [-0.15, -0.1) is 0 Å².